The van der Waals surface area contributed by atoms with Crippen molar-refractivity contribution < 1.29 is 0 Å². The first-order valence-corrected chi connectivity index (χ1v) is 6.58. The zero-order chi connectivity index (χ0) is 11.4. The highest BCUT2D eigenvalue weighted by Gasteiger charge is 2.11. The van der Waals surface area contributed by atoms with Crippen LogP contribution in [0, 0.1) is 0 Å². The number of rotatable bonds is 4. The summed E-state index contributed by atoms with van der Waals surface area (Å²) in [7, 11) is 1.97. The number of likely N-dealkylation sites (N-methyl/N-ethyl adjacent to an activating group) is 1. The van der Waals surface area contributed by atoms with Crippen LogP contribution < -0.4 is 5.32 Å². The van der Waals surface area contributed by atoms with Gasteiger partial charge in [0.1, 0.15) is 0 Å². The molecule has 0 saturated carbocycles. The molecule has 0 aliphatic heterocycles. The molecule has 0 bridgehead atoms. The fourth-order valence-corrected chi connectivity index (χ4v) is 3.08. The SMILES string of the molecule is CNC(Cc1ccc(Br)s1)c1ccnnc1. The van der Waals surface area contributed by atoms with Gasteiger partial charge in [-0.15, -0.1) is 11.3 Å². The summed E-state index contributed by atoms with van der Waals surface area (Å²) in [5, 5.41) is 11.0. The number of nitrogens with zero attached hydrogens (tertiary/aromatic N) is 2. The highest BCUT2D eigenvalue weighted by molar-refractivity contribution is 9.11. The molecule has 0 amide bonds. The second-order valence-electron chi connectivity index (χ2n) is 3.43. The van der Waals surface area contributed by atoms with Crippen molar-refractivity contribution >= 4 is 27.3 Å². The monoisotopic (exact) mass is 297 g/mol. The zero-order valence-corrected chi connectivity index (χ0v) is 11.3. The highest BCUT2D eigenvalue weighted by Crippen LogP contribution is 2.26. The minimum Gasteiger partial charge on any atom is -0.313 e. The van der Waals surface area contributed by atoms with Gasteiger partial charge >= 0.3 is 0 Å². The van der Waals surface area contributed by atoms with Gasteiger partial charge in [-0.2, -0.15) is 10.2 Å². The Bertz CT molecular complexity index is 444. The Balaban J connectivity index is 2.12. The minimum absolute atomic E-state index is 0.293. The summed E-state index contributed by atoms with van der Waals surface area (Å²) in [6, 6.07) is 6.52. The third kappa shape index (κ3) is 2.87. The van der Waals surface area contributed by atoms with E-state index in [-0.39, 0.29) is 0 Å². The molecule has 0 fully saturated rings. The van der Waals surface area contributed by atoms with E-state index in [1.165, 1.54) is 14.2 Å². The molecule has 5 heteroatoms. The van der Waals surface area contributed by atoms with Crippen molar-refractivity contribution in [2.24, 2.45) is 0 Å². The van der Waals surface area contributed by atoms with Crippen molar-refractivity contribution in [3.63, 3.8) is 0 Å². The third-order valence-electron chi connectivity index (χ3n) is 2.39. The van der Waals surface area contributed by atoms with Crippen molar-refractivity contribution in [3.05, 3.63) is 44.8 Å². The second kappa shape index (κ2) is 5.52. The molecule has 0 aliphatic carbocycles. The molecular formula is C11H12BrN3S. The Morgan fingerprint density at radius 2 is 2.25 bits per heavy atom. The summed E-state index contributed by atoms with van der Waals surface area (Å²) in [4.78, 5) is 1.35. The summed E-state index contributed by atoms with van der Waals surface area (Å²) in [6.45, 7) is 0. The average Bonchev–Trinajstić information content (AvgIpc) is 2.73. The van der Waals surface area contributed by atoms with Gasteiger partial charge in [0.15, 0.2) is 0 Å². The van der Waals surface area contributed by atoms with Gasteiger partial charge in [-0.1, -0.05) is 0 Å². The maximum Gasteiger partial charge on any atom is 0.0701 e. The lowest BCUT2D eigenvalue weighted by molar-refractivity contribution is 0.592. The molecule has 1 unspecified atom stereocenters. The van der Waals surface area contributed by atoms with Crippen LogP contribution in [0.3, 0.4) is 0 Å². The molecule has 16 heavy (non-hydrogen) atoms. The summed E-state index contributed by atoms with van der Waals surface area (Å²) in [5.74, 6) is 0. The molecule has 0 spiro atoms. The topological polar surface area (TPSA) is 37.8 Å². The van der Waals surface area contributed by atoms with Crippen LogP contribution in [0.5, 0.6) is 0 Å². The maximum atomic E-state index is 3.90. The van der Waals surface area contributed by atoms with Crippen molar-refractivity contribution in [2.45, 2.75) is 12.5 Å². The Morgan fingerprint density at radius 1 is 1.38 bits per heavy atom. The standard InChI is InChI=1S/C11H12BrN3S/c1-13-10(8-4-5-14-15-7-8)6-9-2-3-11(12)16-9/h2-5,7,10,13H,6H2,1H3. The molecule has 84 valence electrons. The van der Waals surface area contributed by atoms with Gasteiger partial charge in [0, 0.05) is 23.5 Å². The van der Waals surface area contributed by atoms with Gasteiger partial charge < -0.3 is 5.32 Å². The third-order valence-corrected chi connectivity index (χ3v) is 4.04. The average molecular weight is 298 g/mol. The Hall–Kier alpha value is -0.780. The predicted molar refractivity (Wildman–Crippen MR) is 69.6 cm³/mol. The largest absolute Gasteiger partial charge is 0.313 e. The lowest BCUT2D eigenvalue weighted by Gasteiger charge is -2.14. The molecule has 0 aliphatic rings. The molecule has 0 saturated heterocycles. The van der Waals surface area contributed by atoms with Crippen LogP contribution in [0.4, 0.5) is 0 Å². The number of thiophene rings is 1. The van der Waals surface area contributed by atoms with Gasteiger partial charge in [-0.25, -0.2) is 0 Å². The summed E-state index contributed by atoms with van der Waals surface area (Å²) >= 11 is 5.24. The van der Waals surface area contributed by atoms with Crippen molar-refractivity contribution in [2.75, 3.05) is 7.05 Å². The maximum absolute atomic E-state index is 3.90. The van der Waals surface area contributed by atoms with Crippen molar-refractivity contribution in [1.82, 2.24) is 15.5 Å². The predicted octanol–water partition coefficient (Wildman–Crippen LogP) is 2.80. The Labute approximate surface area is 107 Å². The normalized spacial score (nSPS) is 12.6. The second-order valence-corrected chi connectivity index (χ2v) is 5.97. The van der Waals surface area contributed by atoms with Crippen LogP contribution in [-0.2, 0) is 6.42 Å². The number of aromatic nitrogens is 2. The van der Waals surface area contributed by atoms with E-state index in [9.17, 15) is 0 Å². The Morgan fingerprint density at radius 3 is 2.81 bits per heavy atom. The highest BCUT2D eigenvalue weighted by atomic mass is 79.9. The zero-order valence-electron chi connectivity index (χ0n) is 8.85. The van der Waals surface area contributed by atoms with E-state index in [0.717, 1.165) is 6.42 Å². The number of hydrogen-bond donors (Lipinski definition) is 1. The summed E-state index contributed by atoms with van der Waals surface area (Å²) in [5.41, 5.74) is 1.17. The van der Waals surface area contributed by atoms with Crippen LogP contribution in [-0.4, -0.2) is 17.2 Å². The van der Waals surface area contributed by atoms with E-state index in [2.05, 4.69) is 43.6 Å². The van der Waals surface area contributed by atoms with Crippen molar-refractivity contribution in [3.8, 4) is 0 Å². The fraction of sp³-hybridized carbons (Fsp3) is 0.273. The van der Waals surface area contributed by atoms with E-state index in [0.29, 0.717) is 6.04 Å². The molecule has 3 nitrogen and oxygen atoms in total. The molecule has 1 N–H and O–H groups in total. The first kappa shape index (κ1) is 11.7. The van der Waals surface area contributed by atoms with Crippen LogP contribution in [0.2, 0.25) is 0 Å². The van der Waals surface area contributed by atoms with Crippen LogP contribution >= 0.6 is 27.3 Å². The lowest BCUT2D eigenvalue weighted by Crippen LogP contribution is -2.18. The first-order valence-electron chi connectivity index (χ1n) is 4.97. The number of halogens is 1. The smallest absolute Gasteiger partial charge is 0.0701 e. The summed E-state index contributed by atoms with van der Waals surface area (Å²) in [6.07, 6.45) is 4.51. The molecule has 2 aromatic rings. The number of hydrogen-bond acceptors (Lipinski definition) is 4. The molecule has 1 atom stereocenters. The lowest BCUT2D eigenvalue weighted by atomic mass is 10.1. The molecule has 0 radical (unpaired) electrons. The van der Waals surface area contributed by atoms with Crippen LogP contribution in [0.25, 0.3) is 0 Å². The Kier molecular flexibility index (Phi) is 4.04. The van der Waals surface area contributed by atoms with Gasteiger partial charge in [0.2, 0.25) is 0 Å². The van der Waals surface area contributed by atoms with E-state index >= 15 is 0 Å². The minimum atomic E-state index is 0.293. The molecule has 0 aromatic carbocycles. The fourth-order valence-electron chi connectivity index (χ4n) is 1.56. The molecule has 2 aromatic heterocycles. The van der Waals surface area contributed by atoms with Crippen LogP contribution in [0.1, 0.15) is 16.5 Å². The van der Waals surface area contributed by atoms with Gasteiger partial charge in [0.05, 0.1) is 9.98 Å². The molecule has 2 heterocycles. The van der Waals surface area contributed by atoms with E-state index in [1.807, 2.05) is 19.3 Å². The van der Waals surface area contributed by atoms with Gasteiger partial charge in [-0.3, -0.25) is 0 Å². The van der Waals surface area contributed by atoms with E-state index in [4.69, 9.17) is 0 Å². The quantitative estimate of drug-likeness (QED) is 0.943. The van der Waals surface area contributed by atoms with E-state index in [1.54, 1.807) is 17.5 Å². The van der Waals surface area contributed by atoms with Crippen molar-refractivity contribution in [1.29, 1.82) is 0 Å². The molecule has 2 rings (SSSR count). The molecular weight excluding hydrogens is 286 g/mol. The van der Waals surface area contributed by atoms with Gasteiger partial charge in [0.25, 0.3) is 0 Å². The first-order chi connectivity index (χ1) is 7.79. The summed E-state index contributed by atoms with van der Waals surface area (Å²) < 4.78 is 1.17. The van der Waals surface area contributed by atoms with E-state index < -0.39 is 0 Å². The van der Waals surface area contributed by atoms with Crippen LogP contribution in [0.15, 0.2) is 34.4 Å². The van der Waals surface area contributed by atoms with Gasteiger partial charge in [-0.05, 0) is 46.7 Å². The number of nitrogens with one attached hydrogen (secondary N) is 1.